The van der Waals surface area contributed by atoms with Gasteiger partial charge in [0, 0.05) is 27.9 Å². The molecule has 0 aliphatic heterocycles. The Morgan fingerprint density at radius 2 is 1.88 bits per heavy atom. The Hall–Kier alpha value is -2.18. The van der Waals surface area contributed by atoms with E-state index in [2.05, 4.69) is 31.4 Å². The molecule has 1 unspecified atom stereocenters. The summed E-state index contributed by atoms with van der Waals surface area (Å²) in [6, 6.07) is 14.9. The quantitative estimate of drug-likeness (QED) is 0.595. The molecule has 26 heavy (non-hydrogen) atoms. The van der Waals surface area contributed by atoms with Gasteiger partial charge in [0.05, 0.1) is 6.04 Å². The molecule has 3 aromatic rings. The fourth-order valence-corrected chi connectivity index (χ4v) is 2.83. The molecule has 1 heterocycles. The van der Waals surface area contributed by atoms with Crippen molar-refractivity contribution in [3.8, 4) is 11.4 Å². The molecule has 5 nitrogen and oxygen atoms in total. The van der Waals surface area contributed by atoms with Crippen LogP contribution in [0.2, 0.25) is 5.02 Å². The summed E-state index contributed by atoms with van der Waals surface area (Å²) in [6.45, 7) is 1.93. The Kier molecular flexibility index (Phi) is 6.06. The van der Waals surface area contributed by atoms with Crippen LogP contribution in [0.25, 0.3) is 11.4 Å². The van der Waals surface area contributed by atoms with Crippen molar-refractivity contribution in [2.75, 3.05) is 0 Å². The molecule has 1 N–H and O–H groups in total. The van der Waals surface area contributed by atoms with E-state index in [-0.39, 0.29) is 18.4 Å². The number of halogens is 2. The monoisotopic (exact) mass is 433 g/mol. The van der Waals surface area contributed by atoms with Gasteiger partial charge in [-0.1, -0.05) is 44.8 Å². The summed E-state index contributed by atoms with van der Waals surface area (Å²) in [5.41, 5.74) is 1.86. The second kappa shape index (κ2) is 8.47. The van der Waals surface area contributed by atoms with Crippen LogP contribution in [-0.4, -0.2) is 16.0 Å². The molecule has 1 atom stereocenters. The summed E-state index contributed by atoms with van der Waals surface area (Å²) in [7, 11) is 0. The van der Waals surface area contributed by atoms with Gasteiger partial charge in [-0.3, -0.25) is 4.79 Å². The summed E-state index contributed by atoms with van der Waals surface area (Å²) in [5, 5.41) is 7.59. The molecule has 0 fully saturated rings. The van der Waals surface area contributed by atoms with Crippen molar-refractivity contribution in [2.24, 2.45) is 0 Å². The first kappa shape index (κ1) is 18.6. The molecule has 0 saturated carbocycles. The average molecular weight is 435 g/mol. The largest absolute Gasteiger partial charge is 0.350 e. The first-order valence-corrected chi connectivity index (χ1v) is 9.32. The molecule has 0 radical (unpaired) electrons. The lowest BCUT2D eigenvalue weighted by molar-refractivity contribution is -0.121. The predicted octanol–water partition coefficient (Wildman–Crippen LogP) is 4.96. The summed E-state index contributed by atoms with van der Waals surface area (Å²) >= 11 is 9.27. The summed E-state index contributed by atoms with van der Waals surface area (Å²) in [6.07, 6.45) is 0.669. The maximum absolute atomic E-state index is 12.1. The first-order chi connectivity index (χ1) is 12.5. The van der Waals surface area contributed by atoms with Crippen LogP contribution in [0.5, 0.6) is 0 Å². The lowest BCUT2D eigenvalue weighted by Crippen LogP contribution is -2.26. The van der Waals surface area contributed by atoms with E-state index < -0.39 is 0 Å². The molecule has 0 bridgehead atoms. The van der Waals surface area contributed by atoms with Gasteiger partial charge in [-0.15, -0.1) is 0 Å². The molecule has 1 amide bonds. The Morgan fingerprint density at radius 1 is 1.19 bits per heavy atom. The van der Waals surface area contributed by atoms with E-state index in [0.29, 0.717) is 23.2 Å². The van der Waals surface area contributed by atoms with Gasteiger partial charge in [-0.05, 0) is 48.9 Å². The molecule has 0 aliphatic rings. The van der Waals surface area contributed by atoms with Crippen LogP contribution in [0.3, 0.4) is 0 Å². The topological polar surface area (TPSA) is 68.0 Å². The summed E-state index contributed by atoms with van der Waals surface area (Å²) < 4.78 is 6.22. The number of aryl methyl sites for hydroxylation is 1. The fourth-order valence-electron chi connectivity index (χ4n) is 2.44. The van der Waals surface area contributed by atoms with E-state index >= 15 is 0 Å². The lowest BCUT2D eigenvalue weighted by atomic mass is 10.1. The van der Waals surface area contributed by atoms with Crippen molar-refractivity contribution < 1.29 is 9.32 Å². The Labute approximate surface area is 164 Å². The zero-order chi connectivity index (χ0) is 18.5. The van der Waals surface area contributed by atoms with Crippen molar-refractivity contribution in [2.45, 2.75) is 25.8 Å². The highest BCUT2D eigenvalue weighted by molar-refractivity contribution is 9.10. The van der Waals surface area contributed by atoms with Crippen molar-refractivity contribution in [3.63, 3.8) is 0 Å². The van der Waals surface area contributed by atoms with Crippen molar-refractivity contribution in [1.82, 2.24) is 15.5 Å². The van der Waals surface area contributed by atoms with E-state index in [9.17, 15) is 4.79 Å². The minimum absolute atomic E-state index is 0.0733. The first-order valence-electron chi connectivity index (χ1n) is 8.14. The molecule has 7 heteroatoms. The highest BCUT2D eigenvalue weighted by Crippen LogP contribution is 2.20. The number of carbonyl (C=O) groups excluding carboxylic acids is 1. The zero-order valence-electron chi connectivity index (χ0n) is 14.1. The molecular formula is C19H17BrClN3O2. The van der Waals surface area contributed by atoms with E-state index in [1.54, 1.807) is 0 Å². The van der Waals surface area contributed by atoms with Gasteiger partial charge in [-0.2, -0.15) is 4.98 Å². The average Bonchev–Trinajstić information content (AvgIpc) is 3.10. The third-order valence-electron chi connectivity index (χ3n) is 3.88. The fraction of sp³-hybridized carbons (Fsp3) is 0.211. The summed E-state index contributed by atoms with van der Waals surface area (Å²) in [4.78, 5) is 16.5. The Bertz CT molecular complexity index is 879. The summed E-state index contributed by atoms with van der Waals surface area (Å²) in [5.74, 6) is 0.885. The van der Waals surface area contributed by atoms with Crippen molar-refractivity contribution in [1.29, 1.82) is 0 Å². The van der Waals surface area contributed by atoms with Crippen molar-refractivity contribution in [3.05, 3.63) is 69.5 Å². The lowest BCUT2D eigenvalue weighted by Gasteiger charge is -2.14. The predicted molar refractivity (Wildman–Crippen MR) is 104 cm³/mol. The van der Waals surface area contributed by atoms with Crippen molar-refractivity contribution >= 4 is 33.4 Å². The smallest absolute Gasteiger partial charge is 0.227 e. The Morgan fingerprint density at radius 3 is 2.58 bits per heavy atom. The number of nitrogens with one attached hydrogen (secondary N) is 1. The number of hydrogen-bond donors (Lipinski definition) is 1. The van der Waals surface area contributed by atoms with E-state index in [4.69, 9.17) is 16.1 Å². The van der Waals surface area contributed by atoms with Gasteiger partial charge >= 0.3 is 0 Å². The van der Waals surface area contributed by atoms with Gasteiger partial charge in [-0.25, -0.2) is 0 Å². The Balaban J connectivity index is 1.53. The number of carbonyl (C=O) groups is 1. The van der Waals surface area contributed by atoms with Crippen LogP contribution < -0.4 is 5.32 Å². The van der Waals surface area contributed by atoms with Crippen LogP contribution in [0.15, 0.2) is 57.5 Å². The molecule has 0 spiro atoms. The molecule has 3 rings (SSSR count). The molecule has 0 aliphatic carbocycles. The number of aromatic nitrogens is 2. The second-order valence-corrected chi connectivity index (χ2v) is 7.21. The van der Waals surface area contributed by atoms with Crippen LogP contribution in [-0.2, 0) is 11.2 Å². The maximum Gasteiger partial charge on any atom is 0.227 e. The van der Waals surface area contributed by atoms with E-state index in [1.807, 2.05) is 55.5 Å². The van der Waals surface area contributed by atoms with E-state index in [1.165, 1.54) is 0 Å². The second-order valence-electron chi connectivity index (χ2n) is 5.86. The van der Waals surface area contributed by atoms with Gasteiger partial charge in [0.25, 0.3) is 0 Å². The SMILES string of the molecule is CC(NC(=O)CCc1nc(-c2ccc(Br)cc2)no1)c1ccc(Cl)cc1. The van der Waals surface area contributed by atoms with Gasteiger partial charge in [0.1, 0.15) is 0 Å². The highest BCUT2D eigenvalue weighted by atomic mass is 79.9. The van der Waals surface area contributed by atoms with Crippen LogP contribution in [0.1, 0.15) is 30.8 Å². The molecule has 134 valence electrons. The molecular weight excluding hydrogens is 418 g/mol. The number of hydrogen-bond acceptors (Lipinski definition) is 4. The number of benzene rings is 2. The van der Waals surface area contributed by atoms with Gasteiger partial charge in [0.2, 0.25) is 17.6 Å². The third-order valence-corrected chi connectivity index (χ3v) is 4.66. The number of amides is 1. The van der Waals surface area contributed by atoms with Crippen LogP contribution >= 0.6 is 27.5 Å². The number of nitrogens with zero attached hydrogens (tertiary/aromatic N) is 2. The minimum atomic E-state index is -0.0965. The standard InChI is InChI=1S/C19H17BrClN3O2/c1-12(13-4-8-16(21)9-5-13)22-17(25)10-11-18-23-19(24-26-18)14-2-6-15(20)7-3-14/h2-9,12H,10-11H2,1H3,(H,22,25). The molecule has 1 aromatic heterocycles. The van der Waals surface area contributed by atoms with E-state index in [0.717, 1.165) is 15.6 Å². The van der Waals surface area contributed by atoms with Gasteiger partial charge in [0.15, 0.2) is 0 Å². The van der Waals surface area contributed by atoms with Crippen LogP contribution in [0, 0.1) is 0 Å². The zero-order valence-corrected chi connectivity index (χ0v) is 16.4. The highest BCUT2D eigenvalue weighted by Gasteiger charge is 2.13. The van der Waals surface area contributed by atoms with Gasteiger partial charge < -0.3 is 9.84 Å². The minimum Gasteiger partial charge on any atom is -0.350 e. The maximum atomic E-state index is 12.1. The number of rotatable bonds is 6. The molecule has 0 saturated heterocycles. The molecule has 2 aromatic carbocycles. The third kappa shape index (κ3) is 4.93. The van der Waals surface area contributed by atoms with Crippen LogP contribution in [0.4, 0.5) is 0 Å². The normalized spacial score (nSPS) is 12.0.